The van der Waals surface area contributed by atoms with Gasteiger partial charge < -0.3 is 20.7 Å². The average Bonchev–Trinajstić information content (AvgIpc) is 2.83. The van der Waals surface area contributed by atoms with Crippen LogP contribution in [0.1, 0.15) is 29.3 Å². The fourth-order valence-electron chi connectivity index (χ4n) is 4.24. The largest absolute Gasteiger partial charge is 0.497 e. The molecule has 0 saturated carbocycles. The second kappa shape index (κ2) is 10.6. The normalized spacial score (nSPS) is 18.9. The van der Waals surface area contributed by atoms with E-state index < -0.39 is 0 Å². The summed E-state index contributed by atoms with van der Waals surface area (Å²) in [5, 5.41) is 10.2. The van der Waals surface area contributed by atoms with Gasteiger partial charge in [-0.2, -0.15) is 0 Å². The molecule has 1 saturated heterocycles. The molecule has 172 valence electrons. The van der Waals surface area contributed by atoms with Crippen molar-refractivity contribution in [3.8, 4) is 5.75 Å². The van der Waals surface area contributed by atoms with Crippen molar-refractivity contribution in [1.82, 2.24) is 20.6 Å². The molecule has 3 atom stereocenters. The molecule has 0 aliphatic carbocycles. The number of carbonyl (C=O) groups is 1. The predicted molar refractivity (Wildman–Crippen MR) is 130 cm³/mol. The van der Waals surface area contributed by atoms with Gasteiger partial charge in [0.1, 0.15) is 11.6 Å². The number of rotatable bonds is 6. The molecule has 33 heavy (non-hydrogen) atoms. The summed E-state index contributed by atoms with van der Waals surface area (Å²) in [6.07, 6.45) is 4.48. The molecule has 7 nitrogen and oxygen atoms in total. The van der Waals surface area contributed by atoms with Crippen LogP contribution < -0.4 is 20.7 Å². The summed E-state index contributed by atoms with van der Waals surface area (Å²) in [6.45, 7) is 3.53. The Morgan fingerprint density at radius 3 is 2.48 bits per heavy atom. The number of benzene rings is 2. The van der Waals surface area contributed by atoms with Gasteiger partial charge in [0, 0.05) is 47.5 Å². The van der Waals surface area contributed by atoms with E-state index in [4.69, 9.17) is 16.3 Å². The van der Waals surface area contributed by atoms with Gasteiger partial charge >= 0.3 is 6.03 Å². The summed E-state index contributed by atoms with van der Waals surface area (Å²) in [7, 11) is 1.65. The van der Waals surface area contributed by atoms with Crippen molar-refractivity contribution in [2.24, 2.45) is 5.92 Å². The molecule has 0 radical (unpaired) electrons. The average molecular weight is 466 g/mol. The Hall–Kier alpha value is -3.16. The lowest BCUT2D eigenvalue weighted by atomic mass is 9.77. The molecule has 1 aliphatic rings. The number of hydrogen-bond donors (Lipinski definition) is 3. The fraction of sp³-hybridized carbons (Fsp3) is 0.320. The molecule has 2 heterocycles. The van der Waals surface area contributed by atoms with Crippen LogP contribution in [0.15, 0.2) is 60.9 Å². The highest BCUT2D eigenvalue weighted by Gasteiger charge is 2.36. The van der Waals surface area contributed by atoms with Gasteiger partial charge in [0.2, 0.25) is 0 Å². The Morgan fingerprint density at radius 1 is 1.12 bits per heavy atom. The van der Waals surface area contributed by atoms with Crippen molar-refractivity contribution in [3.05, 3.63) is 82.9 Å². The van der Waals surface area contributed by atoms with E-state index in [1.54, 1.807) is 31.4 Å². The predicted octanol–water partition coefficient (Wildman–Crippen LogP) is 4.38. The molecule has 3 unspecified atom stereocenters. The Morgan fingerprint density at radius 2 is 1.82 bits per heavy atom. The Balaban J connectivity index is 1.59. The SMILES string of the molecule is COc1ccc(C(c2ncc(C)cn2)C2CNCCC2NC(=O)Nc2ccc(Cl)cc2)cc1. The second-order valence-electron chi connectivity index (χ2n) is 8.24. The summed E-state index contributed by atoms with van der Waals surface area (Å²) in [4.78, 5) is 22.1. The molecule has 0 spiro atoms. The summed E-state index contributed by atoms with van der Waals surface area (Å²) in [6, 6.07) is 14.7. The first-order chi connectivity index (χ1) is 16.0. The quantitative estimate of drug-likeness (QED) is 0.502. The minimum Gasteiger partial charge on any atom is -0.497 e. The van der Waals surface area contributed by atoms with E-state index in [0.717, 1.165) is 42.2 Å². The van der Waals surface area contributed by atoms with Crippen LogP contribution in [0.3, 0.4) is 0 Å². The van der Waals surface area contributed by atoms with Gasteiger partial charge in [-0.3, -0.25) is 0 Å². The molecular formula is C25H28ClN5O2. The van der Waals surface area contributed by atoms with Crippen molar-refractivity contribution in [2.75, 3.05) is 25.5 Å². The van der Waals surface area contributed by atoms with E-state index in [2.05, 4.69) is 25.9 Å². The van der Waals surface area contributed by atoms with E-state index in [1.807, 2.05) is 43.6 Å². The van der Waals surface area contributed by atoms with Crippen molar-refractivity contribution in [1.29, 1.82) is 0 Å². The number of methoxy groups -OCH3 is 1. The van der Waals surface area contributed by atoms with Crippen LogP contribution in [0.4, 0.5) is 10.5 Å². The zero-order valence-electron chi connectivity index (χ0n) is 18.7. The number of urea groups is 1. The number of ether oxygens (including phenoxy) is 1. The summed E-state index contributed by atoms with van der Waals surface area (Å²) in [5.41, 5.74) is 2.78. The molecule has 8 heteroatoms. The minimum atomic E-state index is -0.243. The number of halogens is 1. The Kier molecular flexibility index (Phi) is 7.42. The van der Waals surface area contributed by atoms with E-state index in [0.29, 0.717) is 10.7 Å². The van der Waals surface area contributed by atoms with Gasteiger partial charge in [-0.05, 0) is 67.4 Å². The van der Waals surface area contributed by atoms with E-state index in [9.17, 15) is 4.79 Å². The summed E-state index contributed by atoms with van der Waals surface area (Å²) >= 11 is 5.95. The molecule has 1 aromatic heterocycles. The molecule has 3 aromatic rings. The van der Waals surface area contributed by atoms with Crippen molar-refractivity contribution in [2.45, 2.75) is 25.3 Å². The summed E-state index contributed by atoms with van der Waals surface area (Å²) < 4.78 is 5.34. The van der Waals surface area contributed by atoms with Gasteiger partial charge in [-0.25, -0.2) is 14.8 Å². The van der Waals surface area contributed by atoms with Crippen LogP contribution in [0, 0.1) is 12.8 Å². The molecule has 0 bridgehead atoms. The number of amides is 2. The van der Waals surface area contributed by atoms with Crippen LogP contribution in [-0.4, -0.2) is 42.2 Å². The van der Waals surface area contributed by atoms with Crippen LogP contribution >= 0.6 is 11.6 Å². The van der Waals surface area contributed by atoms with E-state index in [1.165, 1.54) is 0 Å². The second-order valence-corrected chi connectivity index (χ2v) is 8.67. The zero-order valence-corrected chi connectivity index (χ0v) is 19.5. The highest BCUT2D eigenvalue weighted by atomic mass is 35.5. The molecule has 4 rings (SSSR count). The smallest absolute Gasteiger partial charge is 0.319 e. The van der Waals surface area contributed by atoms with Gasteiger partial charge in [0.05, 0.1) is 7.11 Å². The molecule has 2 aromatic carbocycles. The molecular weight excluding hydrogens is 438 g/mol. The first-order valence-corrected chi connectivity index (χ1v) is 11.4. The highest BCUT2D eigenvalue weighted by molar-refractivity contribution is 6.30. The lowest BCUT2D eigenvalue weighted by Crippen LogP contribution is -2.52. The summed E-state index contributed by atoms with van der Waals surface area (Å²) in [5.74, 6) is 1.50. The molecule has 2 amide bonds. The number of aromatic nitrogens is 2. The van der Waals surface area contributed by atoms with Crippen molar-refractivity contribution in [3.63, 3.8) is 0 Å². The number of piperidine rings is 1. The fourth-order valence-corrected chi connectivity index (χ4v) is 4.37. The third kappa shape index (κ3) is 5.80. The lowest BCUT2D eigenvalue weighted by molar-refractivity contribution is 0.225. The van der Waals surface area contributed by atoms with Gasteiger partial charge in [0.25, 0.3) is 0 Å². The highest BCUT2D eigenvalue weighted by Crippen LogP contribution is 2.35. The maximum absolute atomic E-state index is 12.8. The number of anilines is 1. The van der Waals surface area contributed by atoms with Gasteiger partial charge in [0.15, 0.2) is 0 Å². The molecule has 3 N–H and O–H groups in total. The van der Waals surface area contributed by atoms with Gasteiger partial charge in [-0.1, -0.05) is 23.7 Å². The van der Waals surface area contributed by atoms with E-state index >= 15 is 0 Å². The topological polar surface area (TPSA) is 88.2 Å². The minimum absolute atomic E-state index is 0.0597. The Bertz CT molecular complexity index is 1060. The van der Waals surface area contributed by atoms with Crippen LogP contribution in [0.5, 0.6) is 5.75 Å². The van der Waals surface area contributed by atoms with Crippen molar-refractivity contribution >= 4 is 23.3 Å². The zero-order chi connectivity index (χ0) is 23.2. The van der Waals surface area contributed by atoms with E-state index in [-0.39, 0.29) is 23.9 Å². The third-order valence-electron chi connectivity index (χ3n) is 5.93. The number of hydrogen-bond acceptors (Lipinski definition) is 5. The first-order valence-electron chi connectivity index (χ1n) is 11.0. The lowest BCUT2D eigenvalue weighted by Gasteiger charge is -2.37. The van der Waals surface area contributed by atoms with Crippen molar-refractivity contribution < 1.29 is 9.53 Å². The number of carbonyl (C=O) groups excluding carboxylic acids is 1. The maximum atomic E-state index is 12.8. The molecule has 1 aliphatic heterocycles. The van der Waals surface area contributed by atoms with Crippen LogP contribution in [0.2, 0.25) is 5.02 Å². The standard InChI is InChI=1S/C25H28ClN5O2/c1-16-13-28-24(29-14-16)23(17-3-9-20(33-2)10-4-17)21-15-27-12-11-22(21)31-25(32)30-19-7-5-18(26)6-8-19/h3-10,13-14,21-23,27H,11-12,15H2,1-2H3,(H2,30,31,32). The third-order valence-corrected chi connectivity index (χ3v) is 6.18. The molecule has 1 fully saturated rings. The maximum Gasteiger partial charge on any atom is 0.319 e. The number of nitrogens with zero attached hydrogens (tertiary/aromatic N) is 2. The van der Waals surface area contributed by atoms with Crippen LogP contribution in [0.25, 0.3) is 0 Å². The number of aryl methyl sites for hydroxylation is 1. The van der Waals surface area contributed by atoms with Crippen LogP contribution in [-0.2, 0) is 0 Å². The van der Waals surface area contributed by atoms with Gasteiger partial charge in [-0.15, -0.1) is 0 Å². The first kappa shape index (κ1) is 23.0. The number of nitrogens with one attached hydrogen (secondary N) is 3. The monoisotopic (exact) mass is 465 g/mol. The Labute approximate surface area is 198 Å².